The molecule has 0 amide bonds. The fourth-order valence-electron chi connectivity index (χ4n) is 1.28. The van der Waals surface area contributed by atoms with Gasteiger partial charge in [-0.25, -0.2) is 8.78 Å². The number of rotatable bonds is 4. The summed E-state index contributed by atoms with van der Waals surface area (Å²) in [7, 11) is 1.77. The predicted octanol–water partition coefficient (Wildman–Crippen LogP) is 2.59. The molecule has 0 aliphatic heterocycles. The molecule has 1 nitrogen and oxygen atoms in total. The highest BCUT2D eigenvalue weighted by Crippen LogP contribution is 2.20. The number of thioether (sulfide) groups is 1. The van der Waals surface area contributed by atoms with Crippen molar-refractivity contribution in [2.45, 2.75) is 6.04 Å². The number of nitrogens with one attached hydrogen (secondary N) is 1. The van der Waals surface area contributed by atoms with Gasteiger partial charge in [0.15, 0.2) is 0 Å². The largest absolute Gasteiger partial charge is 0.312 e. The summed E-state index contributed by atoms with van der Waals surface area (Å²) in [4.78, 5) is 0. The van der Waals surface area contributed by atoms with Crippen LogP contribution in [0, 0.1) is 11.6 Å². The second-order valence-corrected chi connectivity index (χ2v) is 3.87. The molecule has 0 heterocycles. The van der Waals surface area contributed by atoms with Crippen LogP contribution in [0.4, 0.5) is 8.78 Å². The molecule has 78 valence electrons. The Morgan fingerprint density at radius 3 is 2.64 bits per heavy atom. The Hall–Kier alpha value is -0.610. The summed E-state index contributed by atoms with van der Waals surface area (Å²) in [6.07, 6.45) is 1.95. The molecule has 0 aliphatic carbocycles. The van der Waals surface area contributed by atoms with E-state index in [-0.39, 0.29) is 6.04 Å². The minimum absolute atomic E-state index is 0.0643. The molecule has 0 aliphatic rings. The van der Waals surface area contributed by atoms with Crippen molar-refractivity contribution < 1.29 is 8.78 Å². The SMILES string of the molecule is CNC(CSC)c1ccc(F)cc1F. The van der Waals surface area contributed by atoms with Gasteiger partial charge in [0.05, 0.1) is 0 Å². The molecular weight excluding hydrogens is 204 g/mol. The van der Waals surface area contributed by atoms with Crippen molar-refractivity contribution in [3.05, 3.63) is 35.4 Å². The van der Waals surface area contributed by atoms with Gasteiger partial charge in [-0.2, -0.15) is 11.8 Å². The zero-order valence-corrected chi connectivity index (χ0v) is 9.00. The number of hydrogen-bond donors (Lipinski definition) is 1. The maximum Gasteiger partial charge on any atom is 0.130 e. The average Bonchev–Trinajstić information content (AvgIpc) is 2.15. The predicted molar refractivity (Wildman–Crippen MR) is 56.5 cm³/mol. The van der Waals surface area contributed by atoms with E-state index >= 15 is 0 Å². The van der Waals surface area contributed by atoms with E-state index < -0.39 is 11.6 Å². The smallest absolute Gasteiger partial charge is 0.130 e. The van der Waals surface area contributed by atoms with E-state index in [1.54, 1.807) is 18.8 Å². The Morgan fingerprint density at radius 1 is 1.43 bits per heavy atom. The highest BCUT2D eigenvalue weighted by atomic mass is 32.2. The van der Waals surface area contributed by atoms with Crippen molar-refractivity contribution in [3.8, 4) is 0 Å². The van der Waals surface area contributed by atoms with Crippen molar-refractivity contribution in [2.24, 2.45) is 0 Å². The molecule has 1 atom stereocenters. The van der Waals surface area contributed by atoms with Gasteiger partial charge in [0.2, 0.25) is 0 Å². The van der Waals surface area contributed by atoms with Gasteiger partial charge < -0.3 is 5.32 Å². The molecule has 4 heteroatoms. The fraction of sp³-hybridized carbons (Fsp3) is 0.400. The van der Waals surface area contributed by atoms with Gasteiger partial charge in [0.1, 0.15) is 11.6 Å². The van der Waals surface area contributed by atoms with Gasteiger partial charge in [-0.3, -0.25) is 0 Å². The molecule has 0 saturated carbocycles. The maximum atomic E-state index is 13.3. The van der Waals surface area contributed by atoms with E-state index in [0.29, 0.717) is 5.56 Å². The highest BCUT2D eigenvalue weighted by molar-refractivity contribution is 7.98. The van der Waals surface area contributed by atoms with Crippen LogP contribution in [-0.2, 0) is 0 Å². The second-order valence-electron chi connectivity index (χ2n) is 2.96. The lowest BCUT2D eigenvalue weighted by atomic mass is 10.1. The number of benzene rings is 1. The molecule has 0 bridgehead atoms. The third-order valence-corrected chi connectivity index (χ3v) is 2.69. The molecule has 1 unspecified atom stereocenters. The molecule has 1 aromatic rings. The molecule has 0 fully saturated rings. The average molecular weight is 217 g/mol. The van der Waals surface area contributed by atoms with Crippen LogP contribution < -0.4 is 5.32 Å². The van der Waals surface area contributed by atoms with Crippen LogP contribution >= 0.6 is 11.8 Å². The quantitative estimate of drug-likeness (QED) is 0.832. The van der Waals surface area contributed by atoms with Gasteiger partial charge in [0, 0.05) is 23.4 Å². The molecule has 0 saturated heterocycles. The third kappa shape index (κ3) is 2.69. The van der Waals surface area contributed by atoms with Crippen molar-refractivity contribution in [1.82, 2.24) is 5.32 Å². The van der Waals surface area contributed by atoms with Gasteiger partial charge in [0.25, 0.3) is 0 Å². The minimum atomic E-state index is -0.537. The summed E-state index contributed by atoms with van der Waals surface area (Å²) < 4.78 is 26.0. The molecule has 0 spiro atoms. The first-order chi connectivity index (χ1) is 6.69. The van der Waals surface area contributed by atoms with Crippen LogP contribution in [0.5, 0.6) is 0 Å². The first-order valence-electron chi connectivity index (χ1n) is 4.30. The molecule has 0 aromatic heterocycles. The fourth-order valence-corrected chi connectivity index (χ4v) is 1.96. The van der Waals surface area contributed by atoms with Crippen LogP contribution in [-0.4, -0.2) is 19.1 Å². The Bertz CT molecular complexity index is 304. The zero-order valence-electron chi connectivity index (χ0n) is 8.18. The van der Waals surface area contributed by atoms with E-state index in [9.17, 15) is 8.78 Å². The minimum Gasteiger partial charge on any atom is -0.312 e. The van der Waals surface area contributed by atoms with Gasteiger partial charge in [-0.1, -0.05) is 6.07 Å². The van der Waals surface area contributed by atoms with E-state index in [1.807, 2.05) is 6.26 Å². The molecule has 1 rings (SSSR count). The Labute approximate surface area is 86.9 Å². The lowest BCUT2D eigenvalue weighted by Crippen LogP contribution is -2.19. The molecule has 1 aromatic carbocycles. The summed E-state index contributed by atoms with van der Waals surface area (Å²) in [6, 6.07) is 3.62. The van der Waals surface area contributed by atoms with E-state index in [2.05, 4.69) is 5.32 Å². The molecular formula is C10H13F2NS. The standard InChI is InChI=1S/C10H13F2NS/c1-13-10(6-14-2)8-4-3-7(11)5-9(8)12/h3-5,10,13H,6H2,1-2H3. The molecule has 0 radical (unpaired) electrons. The zero-order chi connectivity index (χ0) is 10.6. The van der Waals surface area contributed by atoms with Crippen LogP contribution in [0.1, 0.15) is 11.6 Å². The lowest BCUT2D eigenvalue weighted by molar-refractivity contribution is 0.545. The van der Waals surface area contributed by atoms with Gasteiger partial charge in [-0.05, 0) is 19.4 Å². The van der Waals surface area contributed by atoms with Crippen molar-refractivity contribution in [2.75, 3.05) is 19.1 Å². The van der Waals surface area contributed by atoms with Gasteiger partial charge >= 0.3 is 0 Å². The Morgan fingerprint density at radius 2 is 2.14 bits per heavy atom. The highest BCUT2D eigenvalue weighted by Gasteiger charge is 2.13. The monoisotopic (exact) mass is 217 g/mol. The third-order valence-electron chi connectivity index (χ3n) is 2.02. The summed E-state index contributed by atoms with van der Waals surface area (Å²) >= 11 is 1.62. The summed E-state index contributed by atoms with van der Waals surface area (Å²) in [6.45, 7) is 0. The normalized spacial score (nSPS) is 12.9. The van der Waals surface area contributed by atoms with E-state index in [0.717, 1.165) is 11.8 Å². The van der Waals surface area contributed by atoms with Crippen LogP contribution in [0.15, 0.2) is 18.2 Å². The Balaban J connectivity index is 2.92. The van der Waals surface area contributed by atoms with E-state index in [4.69, 9.17) is 0 Å². The second kappa shape index (κ2) is 5.32. The van der Waals surface area contributed by atoms with Crippen molar-refractivity contribution >= 4 is 11.8 Å². The first kappa shape index (κ1) is 11.5. The molecule has 14 heavy (non-hydrogen) atoms. The van der Waals surface area contributed by atoms with Crippen molar-refractivity contribution in [1.29, 1.82) is 0 Å². The summed E-state index contributed by atoms with van der Waals surface area (Å²) in [5.41, 5.74) is 0.517. The van der Waals surface area contributed by atoms with Gasteiger partial charge in [-0.15, -0.1) is 0 Å². The van der Waals surface area contributed by atoms with Crippen LogP contribution in [0.3, 0.4) is 0 Å². The molecule has 1 N–H and O–H groups in total. The maximum absolute atomic E-state index is 13.3. The lowest BCUT2D eigenvalue weighted by Gasteiger charge is -2.15. The van der Waals surface area contributed by atoms with Crippen LogP contribution in [0.25, 0.3) is 0 Å². The van der Waals surface area contributed by atoms with Crippen molar-refractivity contribution in [3.63, 3.8) is 0 Å². The number of hydrogen-bond acceptors (Lipinski definition) is 2. The van der Waals surface area contributed by atoms with E-state index in [1.165, 1.54) is 12.1 Å². The summed E-state index contributed by atoms with van der Waals surface area (Å²) in [5, 5.41) is 3.00. The van der Waals surface area contributed by atoms with Crippen LogP contribution in [0.2, 0.25) is 0 Å². The Kier molecular flexibility index (Phi) is 4.35. The summed E-state index contributed by atoms with van der Waals surface area (Å²) in [5.74, 6) is -0.261. The first-order valence-corrected chi connectivity index (χ1v) is 5.69. The number of halogens is 2. The topological polar surface area (TPSA) is 12.0 Å².